The van der Waals surface area contributed by atoms with Crippen LogP contribution in [-0.2, 0) is 4.79 Å². The minimum Gasteiger partial charge on any atom is -0.480 e. The minimum atomic E-state index is -1.04. The topological polar surface area (TPSA) is 57.6 Å². The summed E-state index contributed by atoms with van der Waals surface area (Å²) in [5.41, 5.74) is 0.905. The number of carboxylic acids is 1. The number of carbonyl (C=O) groups excluding carboxylic acids is 1. The first kappa shape index (κ1) is 14.5. The molecule has 0 unspecified atom stereocenters. The number of aryl methyl sites for hydroxylation is 1. The molecule has 0 heterocycles. The molecule has 0 atom stereocenters. The van der Waals surface area contributed by atoms with Crippen LogP contribution in [0.5, 0.6) is 0 Å². The van der Waals surface area contributed by atoms with Crippen molar-refractivity contribution in [1.29, 1.82) is 0 Å². The highest BCUT2D eigenvalue weighted by atomic mass is 19.1. The summed E-state index contributed by atoms with van der Waals surface area (Å²) < 4.78 is 13.3. The lowest BCUT2D eigenvalue weighted by Crippen LogP contribution is -2.42. The Labute approximate surface area is 117 Å². The van der Waals surface area contributed by atoms with Crippen LogP contribution >= 0.6 is 0 Å². The molecule has 1 aliphatic carbocycles. The van der Waals surface area contributed by atoms with Crippen molar-refractivity contribution in [2.45, 2.75) is 38.6 Å². The lowest BCUT2D eigenvalue weighted by atomic mass is 10.1. The number of aliphatic carboxylic acids is 1. The zero-order valence-electron chi connectivity index (χ0n) is 11.4. The highest BCUT2D eigenvalue weighted by Gasteiger charge is 2.29. The Bertz CT molecular complexity index is 524. The van der Waals surface area contributed by atoms with Crippen LogP contribution in [0, 0.1) is 12.7 Å². The molecular formula is C15H18FNO3. The second-order valence-corrected chi connectivity index (χ2v) is 5.22. The SMILES string of the molecule is Cc1ccc(F)cc1C(=O)N(CC(=O)O)C1CCCC1. The summed E-state index contributed by atoms with van der Waals surface area (Å²) in [6.45, 7) is 1.39. The van der Waals surface area contributed by atoms with Gasteiger partial charge >= 0.3 is 5.97 Å². The highest BCUT2D eigenvalue weighted by Crippen LogP contribution is 2.25. The van der Waals surface area contributed by atoms with Gasteiger partial charge in [0.25, 0.3) is 5.91 Å². The van der Waals surface area contributed by atoms with E-state index in [-0.39, 0.29) is 18.2 Å². The number of rotatable bonds is 4. The predicted octanol–water partition coefficient (Wildman–Crippen LogP) is 2.60. The summed E-state index contributed by atoms with van der Waals surface area (Å²) >= 11 is 0. The van der Waals surface area contributed by atoms with Crippen molar-refractivity contribution in [2.24, 2.45) is 0 Å². The van der Waals surface area contributed by atoms with E-state index in [9.17, 15) is 14.0 Å². The highest BCUT2D eigenvalue weighted by molar-refractivity contribution is 5.97. The van der Waals surface area contributed by atoms with Gasteiger partial charge in [-0.25, -0.2) is 4.39 Å². The third-order valence-corrected chi connectivity index (χ3v) is 3.76. The van der Waals surface area contributed by atoms with E-state index in [4.69, 9.17) is 5.11 Å². The Morgan fingerprint density at radius 3 is 2.60 bits per heavy atom. The molecular weight excluding hydrogens is 261 g/mol. The molecule has 108 valence electrons. The molecule has 0 aliphatic heterocycles. The van der Waals surface area contributed by atoms with E-state index in [1.165, 1.54) is 23.1 Å². The summed E-state index contributed by atoms with van der Waals surface area (Å²) in [6, 6.07) is 3.96. The van der Waals surface area contributed by atoms with E-state index in [1.54, 1.807) is 6.92 Å². The van der Waals surface area contributed by atoms with E-state index in [0.29, 0.717) is 5.56 Å². The first-order valence-electron chi connectivity index (χ1n) is 6.78. The molecule has 0 aromatic heterocycles. The van der Waals surface area contributed by atoms with Gasteiger partial charge in [0.05, 0.1) is 0 Å². The van der Waals surface area contributed by atoms with E-state index >= 15 is 0 Å². The molecule has 1 saturated carbocycles. The number of hydrogen-bond donors (Lipinski definition) is 1. The molecule has 5 heteroatoms. The average molecular weight is 279 g/mol. The Hall–Kier alpha value is -1.91. The largest absolute Gasteiger partial charge is 0.480 e. The number of halogens is 1. The molecule has 1 amide bonds. The van der Waals surface area contributed by atoms with E-state index < -0.39 is 17.7 Å². The summed E-state index contributed by atoms with van der Waals surface area (Å²) in [7, 11) is 0. The lowest BCUT2D eigenvalue weighted by molar-refractivity contribution is -0.138. The first-order chi connectivity index (χ1) is 9.49. The molecule has 1 aliphatic rings. The zero-order valence-corrected chi connectivity index (χ0v) is 11.4. The van der Waals surface area contributed by atoms with E-state index in [1.807, 2.05) is 0 Å². The lowest BCUT2D eigenvalue weighted by Gasteiger charge is -2.28. The minimum absolute atomic E-state index is 0.0544. The molecule has 4 nitrogen and oxygen atoms in total. The number of benzene rings is 1. The molecule has 0 saturated heterocycles. The third kappa shape index (κ3) is 3.15. The van der Waals surface area contributed by atoms with Crippen LogP contribution in [0.2, 0.25) is 0 Å². The average Bonchev–Trinajstić information content (AvgIpc) is 2.91. The molecule has 1 fully saturated rings. The van der Waals surface area contributed by atoms with Gasteiger partial charge in [-0.15, -0.1) is 0 Å². The normalized spacial score (nSPS) is 15.3. The fourth-order valence-electron chi connectivity index (χ4n) is 2.71. The van der Waals surface area contributed by atoms with Crippen LogP contribution in [0.15, 0.2) is 18.2 Å². The van der Waals surface area contributed by atoms with Gasteiger partial charge < -0.3 is 10.0 Å². The first-order valence-corrected chi connectivity index (χ1v) is 6.78. The van der Waals surface area contributed by atoms with Crippen LogP contribution in [0.1, 0.15) is 41.6 Å². The van der Waals surface area contributed by atoms with Gasteiger partial charge in [-0.2, -0.15) is 0 Å². The monoisotopic (exact) mass is 279 g/mol. The maximum absolute atomic E-state index is 13.3. The second-order valence-electron chi connectivity index (χ2n) is 5.22. The Balaban J connectivity index is 2.29. The van der Waals surface area contributed by atoms with Crippen molar-refractivity contribution in [3.8, 4) is 0 Å². The summed E-state index contributed by atoms with van der Waals surface area (Å²) in [5, 5.41) is 9.00. The van der Waals surface area contributed by atoms with E-state index in [0.717, 1.165) is 25.7 Å². The predicted molar refractivity (Wildman–Crippen MR) is 72.1 cm³/mol. The number of carboxylic acid groups (broad SMARTS) is 1. The van der Waals surface area contributed by atoms with Crippen molar-refractivity contribution >= 4 is 11.9 Å². The van der Waals surface area contributed by atoms with Crippen LogP contribution in [0.25, 0.3) is 0 Å². The zero-order chi connectivity index (χ0) is 14.7. The van der Waals surface area contributed by atoms with Gasteiger partial charge in [0.1, 0.15) is 12.4 Å². The van der Waals surface area contributed by atoms with Gasteiger partial charge in [0.15, 0.2) is 0 Å². The van der Waals surface area contributed by atoms with Crippen molar-refractivity contribution in [2.75, 3.05) is 6.54 Å². The van der Waals surface area contributed by atoms with Crippen molar-refractivity contribution in [1.82, 2.24) is 4.90 Å². The van der Waals surface area contributed by atoms with Crippen molar-refractivity contribution in [3.63, 3.8) is 0 Å². The van der Waals surface area contributed by atoms with Crippen LogP contribution in [0.4, 0.5) is 4.39 Å². The molecule has 1 N–H and O–H groups in total. The molecule has 20 heavy (non-hydrogen) atoms. The fraction of sp³-hybridized carbons (Fsp3) is 0.467. The second kappa shape index (κ2) is 6.03. The molecule has 0 spiro atoms. The van der Waals surface area contributed by atoms with Gasteiger partial charge in [0.2, 0.25) is 0 Å². The number of amides is 1. The van der Waals surface area contributed by atoms with Gasteiger partial charge in [-0.3, -0.25) is 9.59 Å². The van der Waals surface area contributed by atoms with Crippen LogP contribution < -0.4 is 0 Å². The maximum atomic E-state index is 13.3. The van der Waals surface area contributed by atoms with E-state index in [2.05, 4.69) is 0 Å². The Kier molecular flexibility index (Phi) is 4.37. The maximum Gasteiger partial charge on any atom is 0.323 e. The number of nitrogens with zero attached hydrogens (tertiary/aromatic N) is 1. The summed E-state index contributed by atoms with van der Waals surface area (Å²) in [5.74, 6) is -1.92. The number of carbonyl (C=O) groups is 2. The van der Waals surface area contributed by atoms with Crippen LogP contribution in [-0.4, -0.2) is 34.5 Å². The Morgan fingerprint density at radius 1 is 1.35 bits per heavy atom. The summed E-state index contributed by atoms with van der Waals surface area (Å²) in [4.78, 5) is 24.9. The molecule has 0 bridgehead atoms. The Morgan fingerprint density at radius 2 is 2.00 bits per heavy atom. The number of hydrogen-bond acceptors (Lipinski definition) is 2. The molecule has 1 aromatic carbocycles. The van der Waals surface area contributed by atoms with Gasteiger partial charge in [-0.1, -0.05) is 18.9 Å². The standard InChI is InChI=1S/C15H18FNO3/c1-10-6-7-11(16)8-13(10)15(20)17(9-14(18)19)12-4-2-3-5-12/h6-8,12H,2-5,9H2,1H3,(H,18,19). The van der Waals surface area contributed by atoms with Crippen molar-refractivity contribution in [3.05, 3.63) is 35.1 Å². The van der Waals surface area contributed by atoms with Crippen molar-refractivity contribution < 1.29 is 19.1 Å². The van der Waals surface area contributed by atoms with Gasteiger partial charge in [0, 0.05) is 11.6 Å². The smallest absolute Gasteiger partial charge is 0.323 e. The van der Waals surface area contributed by atoms with Crippen LogP contribution in [0.3, 0.4) is 0 Å². The quantitative estimate of drug-likeness (QED) is 0.921. The third-order valence-electron chi connectivity index (χ3n) is 3.76. The fourth-order valence-corrected chi connectivity index (χ4v) is 2.71. The molecule has 2 rings (SSSR count). The summed E-state index contributed by atoms with van der Waals surface area (Å²) in [6.07, 6.45) is 3.62. The molecule has 0 radical (unpaired) electrons. The molecule has 1 aromatic rings. The van der Waals surface area contributed by atoms with Gasteiger partial charge in [-0.05, 0) is 37.5 Å².